The minimum Gasteiger partial charge on any atom is -0.381 e. The molecular formula is C27H27BN4O2. The Morgan fingerprint density at radius 2 is 1.71 bits per heavy atom. The van der Waals surface area contributed by atoms with E-state index in [9.17, 15) is 4.79 Å². The highest BCUT2D eigenvalue weighted by molar-refractivity contribution is 6.09. The fourth-order valence-corrected chi connectivity index (χ4v) is 3.78. The largest absolute Gasteiger partial charge is 0.381 e. The van der Waals surface area contributed by atoms with Gasteiger partial charge in [-0.25, -0.2) is 0 Å². The lowest BCUT2D eigenvalue weighted by atomic mass is 10.0. The molecule has 5 rings (SSSR count). The van der Waals surface area contributed by atoms with Gasteiger partial charge in [0.1, 0.15) is 0 Å². The second-order valence-corrected chi connectivity index (χ2v) is 8.42. The zero-order valence-corrected chi connectivity index (χ0v) is 19.5. The monoisotopic (exact) mass is 450 g/mol. The Kier molecular flexibility index (Phi) is 7.65. The minimum absolute atomic E-state index is 0.0404. The SMILES string of the molecule is CC1CCOCC1.[B]n1ncc(-c2ccnc(-c3ccc(C(C)=O)cc3)c2)c1-c1ccccn1. The van der Waals surface area contributed by atoms with E-state index in [1.54, 1.807) is 25.5 Å². The van der Waals surface area contributed by atoms with Gasteiger partial charge in [0.25, 0.3) is 7.98 Å². The Morgan fingerprint density at radius 3 is 2.32 bits per heavy atom. The first-order valence-corrected chi connectivity index (χ1v) is 11.4. The summed E-state index contributed by atoms with van der Waals surface area (Å²) in [5.74, 6) is 0.951. The van der Waals surface area contributed by atoms with Crippen molar-refractivity contribution < 1.29 is 9.53 Å². The number of benzene rings is 1. The van der Waals surface area contributed by atoms with Gasteiger partial charge >= 0.3 is 0 Å². The number of ketones is 1. The first kappa shape index (κ1) is 23.6. The van der Waals surface area contributed by atoms with Crippen LogP contribution in [0, 0.1) is 5.92 Å². The zero-order valence-electron chi connectivity index (χ0n) is 19.5. The van der Waals surface area contributed by atoms with Crippen molar-refractivity contribution in [1.82, 2.24) is 19.7 Å². The Labute approximate surface area is 201 Å². The van der Waals surface area contributed by atoms with Crippen LogP contribution in [0.25, 0.3) is 33.8 Å². The lowest BCUT2D eigenvalue weighted by molar-refractivity contribution is 0.0716. The lowest BCUT2D eigenvalue weighted by Gasteiger charge is -2.16. The van der Waals surface area contributed by atoms with E-state index in [1.807, 2.05) is 54.6 Å². The van der Waals surface area contributed by atoms with Crippen molar-refractivity contribution in [2.45, 2.75) is 26.7 Å². The van der Waals surface area contributed by atoms with Gasteiger partial charge in [-0.1, -0.05) is 37.3 Å². The molecule has 3 aromatic heterocycles. The number of carbonyl (C=O) groups excluding carboxylic acids is 1. The first-order valence-electron chi connectivity index (χ1n) is 11.4. The third-order valence-electron chi connectivity index (χ3n) is 5.87. The van der Waals surface area contributed by atoms with Gasteiger partial charge < -0.3 is 9.33 Å². The predicted octanol–water partition coefficient (Wildman–Crippen LogP) is 5.24. The molecule has 4 heterocycles. The van der Waals surface area contributed by atoms with Gasteiger partial charge in [0.05, 0.1) is 23.3 Å². The summed E-state index contributed by atoms with van der Waals surface area (Å²) in [6.07, 6.45) is 7.72. The Hall–Kier alpha value is -3.58. The van der Waals surface area contributed by atoms with E-state index in [-0.39, 0.29) is 5.78 Å². The van der Waals surface area contributed by atoms with Gasteiger partial charge in [-0.2, -0.15) is 5.10 Å². The van der Waals surface area contributed by atoms with Gasteiger partial charge in [0.2, 0.25) is 0 Å². The van der Waals surface area contributed by atoms with Crippen LogP contribution in [0.3, 0.4) is 0 Å². The molecule has 0 saturated carbocycles. The Balaban J connectivity index is 0.000000336. The molecule has 0 bridgehead atoms. The van der Waals surface area contributed by atoms with E-state index in [1.165, 1.54) is 17.4 Å². The highest BCUT2D eigenvalue weighted by Gasteiger charge is 2.14. The van der Waals surface area contributed by atoms with Crippen molar-refractivity contribution in [3.8, 4) is 33.8 Å². The molecule has 1 aliphatic rings. The number of rotatable bonds is 4. The fraction of sp³-hybridized carbons (Fsp3) is 0.259. The van der Waals surface area contributed by atoms with Crippen molar-refractivity contribution in [1.29, 1.82) is 0 Å². The Bertz CT molecular complexity index is 1230. The van der Waals surface area contributed by atoms with Crippen LogP contribution in [0.2, 0.25) is 0 Å². The third kappa shape index (κ3) is 5.67. The van der Waals surface area contributed by atoms with Crippen molar-refractivity contribution >= 4 is 13.8 Å². The molecule has 4 aromatic rings. The van der Waals surface area contributed by atoms with Gasteiger partial charge in [-0.05, 0) is 55.5 Å². The molecular weight excluding hydrogens is 423 g/mol. The Morgan fingerprint density at radius 1 is 0.971 bits per heavy atom. The average Bonchev–Trinajstić information content (AvgIpc) is 3.27. The van der Waals surface area contributed by atoms with E-state index < -0.39 is 0 Å². The summed E-state index contributed by atoms with van der Waals surface area (Å²) in [7, 11) is 6.02. The molecule has 2 radical (unpaired) electrons. The molecule has 1 aliphatic heterocycles. The number of carbonyl (C=O) groups is 1. The summed E-state index contributed by atoms with van der Waals surface area (Å²) >= 11 is 0. The molecule has 34 heavy (non-hydrogen) atoms. The van der Waals surface area contributed by atoms with Gasteiger partial charge in [0.15, 0.2) is 5.78 Å². The molecule has 1 saturated heterocycles. The summed E-state index contributed by atoms with van der Waals surface area (Å²) in [6.45, 7) is 5.81. The summed E-state index contributed by atoms with van der Waals surface area (Å²) in [5, 5.41) is 4.20. The first-order chi connectivity index (χ1) is 16.5. The lowest BCUT2D eigenvalue weighted by Crippen LogP contribution is -2.12. The number of aromatic nitrogens is 4. The maximum atomic E-state index is 11.5. The van der Waals surface area contributed by atoms with E-state index in [0.717, 1.165) is 52.9 Å². The standard InChI is InChI=1S/C21H15BN4O.C6H12O/c1-14(27)15-5-7-16(8-6-15)20-12-17(9-11-24-20)18-13-25-26(22)21(18)19-4-2-3-10-23-19;1-6-2-4-7-5-3-6/h2-13H,1H3;6H,2-5H2,1H3. The maximum absolute atomic E-state index is 11.5. The maximum Gasteiger partial charge on any atom is 0.265 e. The second-order valence-electron chi connectivity index (χ2n) is 8.42. The quantitative estimate of drug-likeness (QED) is 0.314. The molecule has 0 amide bonds. The van der Waals surface area contributed by atoms with Crippen molar-refractivity contribution in [2.24, 2.45) is 5.92 Å². The third-order valence-corrected chi connectivity index (χ3v) is 5.87. The topological polar surface area (TPSA) is 69.9 Å². The van der Waals surface area contributed by atoms with E-state index in [0.29, 0.717) is 5.56 Å². The fourth-order valence-electron chi connectivity index (χ4n) is 3.78. The molecule has 1 aromatic carbocycles. The van der Waals surface area contributed by atoms with Crippen molar-refractivity contribution in [2.75, 3.05) is 13.2 Å². The van der Waals surface area contributed by atoms with Crippen LogP contribution >= 0.6 is 0 Å². The number of pyridine rings is 2. The number of hydrogen-bond donors (Lipinski definition) is 0. The molecule has 6 nitrogen and oxygen atoms in total. The highest BCUT2D eigenvalue weighted by Crippen LogP contribution is 2.32. The number of Topliss-reactive ketones (excluding diaryl/α,β-unsaturated/α-hetero) is 1. The number of nitrogens with zero attached hydrogens (tertiary/aromatic N) is 4. The second kappa shape index (κ2) is 11.0. The van der Waals surface area contributed by atoms with E-state index in [2.05, 4.69) is 22.0 Å². The van der Waals surface area contributed by atoms with E-state index >= 15 is 0 Å². The molecule has 0 spiro atoms. The van der Waals surface area contributed by atoms with Crippen LogP contribution in [-0.4, -0.2) is 46.6 Å². The normalized spacial score (nSPS) is 13.7. The molecule has 0 atom stereocenters. The molecule has 7 heteroatoms. The molecule has 0 N–H and O–H groups in total. The smallest absolute Gasteiger partial charge is 0.265 e. The van der Waals surface area contributed by atoms with Crippen molar-refractivity contribution in [3.05, 3.63) is 78.8 Å². The van der Waals surface area contributed by atoms with Crippen LogP contribution in [0.1, 0.15) is 37.0 Å². The van der Waals surface area contributed by atoms with E-state index in [4.69, 9.17) is 12.7 Å². The average molecular weight is 450 g/mol. The number of hydrogen-bond acceptors (Lipinski definition) is 5. The summed E-state index contributed by atoms with van der Waals surface area (Å²) in [4.78, 5) is 20.3. The number of ether oxygens (including phenoxy) is 1. The summed E-state index contributed by atoms with van der Waals surface area (Å²) < 4.78 is 6.47. The highest BCUT2D eigenvalue weighted by atomic mass is 16.5. The molecule has 170 valence electrons. The summed E-state index contributed by atoms with van der Waals surface area (Å²) in [6, 6.07) is 17.0. The van der Waals surface area contributed by atoms with Crippen molar-refractivity contribution in [3.63, 3.8) is 0 Å². The van der Waals surface area contributed by atoms with Crippen LogP contribution in [0.5, 0.6) is 0 Å². The predicted molar refractivity (Wildman–Crippen MR) is 134 cm³/mol. The molecule has 0 aliphatic carbocycles. The summed E-state index contributed by atoms with van der Waals surface area (Å²) in [5.41, 5.74) is 5.71. The molecule has 1 fully saturated rings. The van der Waals surface area contributed by atoms with Crippen LogP contribution in [0.4, 0.5) is 0 Å². The van der Waals surface area contributed by atoms with Crippen LogP contribution in [-0.2, 0) is 4.74 Å². The van der Waals surface area contributed by atoms with Gasteiger partial charge in [0, 0.05) is 42.3 Å². The minimum atomic E-state index is 0.0404. The van der Waals surface area contributed by atoms with Gasteiger partial charge in [-0.3, -0.25) is 14.8 Å². The van der Waals surface area contributed by atoms with Gasteiger partial charge in [-0.15, -0.1) is 0 Å². The molecule has 0 unspecified atom stereocenters. The zero-order chi connectivity index (χ0) is 23.9. The van der Waals surface area contributed by atoms with Crippen LogP contribution < -0.4 is 0 Å². The van der Waals surface area contributed by atoms with Crippen LogP contribution in [0.15, 0.2) is 73.2 Å².